The van der Waals surface area contributed by atoms with E-state index < -0.39 is 80.9 Å². The highest BCUT2D eigenvalue weighted by molar-refractivity contribution is 6.32. The number of aliphatic hydroxyl groups is 1. The molecule has 3 unspecified atom stereocenters. The monoisotopic (exact) mass is 584 g/mol. The van der Waals surface area contributed by atoms with Gasteiger partial charge in [0.05, 0.1) is 11.5 Å². The van der Waals surface area contributed by atoms with Gasteiger partial charge in [0.2, 0.25) is 0 Å². The summed E-state index contributed by atoms with van der Waals surface area (Å²) in [5.41, 5.74) is -1.02. The Bertz CT molecular complexity index is 1650. The van der Waals surface area contributed by atoms with Crippen molar-refractivity contribution in [3.8, 4) is 16.9 Å². The number of fused-ring (bicyclic) bond motifs is 4. The summed E-state index contributed by atoms with van der Waals surface area (Å²) in [6, 6.07) is 9.67. The molecule has 2 N–H and O–H groups in total. The van der Waals surface area contributed by atoms with Crippen LogP contribution in [0.15, 0.2) is 30.3 Å². The fourth-order valence-electron chi connectivity index (χ4n) is 9.77. The Morgan fingerprint density at radius 1 is 0.953 bits per heavy atom. The van der Waals surface area contributed by atoms with Crippen molar-refractivity contribution in [2.24, 2.45) is 40.4 Å². The van der Waals surface area contributed by atoms with E-state index in [1.807, 2.05) is 51.1 Å². The minimum absolute atomic E-state index is 0.0311. The van der Waals surface area contributed by atoms with Crippen LogP contribution in [0.5, 0.6) is 5.75 Å². The number of phenols is 1. The van der Waals surface area contributed by atoms with Gasteiger partial charge in [0.25, 0.3) is 0 Å². The average Bonchev–Trinajstić information content (AvgIpc) is 3.41. The molecule has 0 amide bonds. The van der Waals surface area contributed by atoms with Crippen molar-refractivity contribution in [1.82, 2.24) is 0 Å². The highest BCUT2D eigenvalue weighted by Crippen LogP contribution is 2.69. The maximum Gasteiger partial charge on any atom is 0.190 e. The van der Waals surface area contributed by atoms with Gasteiger partial charge in [-0.25, -0.2) is 0 Å². The molecular weight excluding hydrogens is 544 g/mol. The number of rotatable bonds is 3. The molecule has 0 radical (unpaired) electrons. The summed E-state index contributed by atoms with van der Waals surface area (Å²) in [5.74, 6) is -9.99. The van der Waals surface area contributed by atoms with E-state index in [9.17, 15) is 34.2 Å². The molecule has 2 saturated carbocycles. The predicted octanol–water partition coefficient (Wildman–Crippen LogP) is 5.06. The third-order valence-corrected chi connectivity index (χ3v) is 12.3. The number of Topliss-reactive ketones (excluding diaryl/α,β-unsaturated/α-hetero) is 5. The first-order valence-corrected chi connectivity index (χ1v) is 15.4. The van der Waals surface area contributed by atoms with Crippen LogP contribution in [0.2, 0.25) is 0 Å². The lowest BCUT2D eigenvalue weighted by Crippen LogP contribution is -2.79. The minimum atomic E-state index is -2.73. The van der Waals surface area contributed by atoms with Crippen LogP contribution in [0.3, 0.4) is 0 Å². The molecule has 226 valence electrons. The number of hydrogen-bond donors (Lipinski definition) is 2. The quantitative estimate of drug-likeness (QED) is 0.483. The first-order chi connectivity index (χ1) is 20.1. The van der Waals surface area contributed by atoms with Crippen LogP contribution in [-0.2, 0) is 32.0 Å². The van der Waals surface area contributed by atoms with Crippen molar-refractivity contribution in [2.45, 2.75) is 79.2 Å². The smallest absolute Gasteiger partial charge is 0.190 e. The fourth-order valence-corrected chi connectivity index (χ4v) is 9.77. The highest BCUT2D eigenvalue weighted by Gasteiger charge is 2.79. The Kier molecular flexibility index (Phi) is 6.39. The van der Waals surface area contributed by atoms with Gasteiger partial charge in [-0.2, -0.15) is 0 Å². The van der Waals surface area contributed by atoms with Gasteiger partial charge in [0.15, 0.2) is 28.7 Å². The molecule has 0 saturated heterocycles. The van der Waals surface area contributed by atoms with Crippen molar-refractivity contribution in [1.29, 1.82) is 0 Å². The first-order valence-electron chi connectivity index (χ1n) is 15.4. The molecule has 43 heavy (non-hydrogen) atoms. The topological polar surface area (TPSA) is 126 Å². The zero-order valence-electron chi connectivity index (χ0n) is 25.9. The normalized spacial score (nSPS) is 36.7. The van der Waals surface area contributed by atoms with Gasteiger partial charge in [-0.05, 0) is 71.6 Å². The lowest BCUT2D eigenvalue weighted by Gasteiger charge is -2.66. The molecule has 2 aromatic carbocycles. The standard InChI is InChI=1S/C36H40O7/c1-16(2)27-30(39)25(18(4)37)32(41)36(43)33(42)28-31(40)26-23(17(3)34(28,6)19(5)35(27,36)7)13-14-24(29(26)38)22-12-11-20-9-8-10-21(20)15-22/h11-17,19,25,27-28,38,43H,8-10H2,1-7H3/t17-,19-,25?,27?,28?,34-,35-,36+/m1/s1. The van der Waals surface area contributed by atoms with Crippen molar-refractivity contribution < 1.29 is 34.2 Å². The third-order valence-electron chi connectivity index (χ3n) is 12.3. The van der Waals surface area contributed by atoms with Crippen molar-refractivity contribution in [2.75, 3.05) is 0 Å². The summed E-state index contributed by atoms with van der Waals surface area (Å²) >= 11 is 0. The average molecular weight is 585 g/mol. The second kappa shape index (κ2) is 9.28. The number of ketones is 5. The van der Waals surface area contributed by atoms with E-state index in [2.05, 4.69) is 0 Å². The number of aryl methyl sites for hydroxylation is 2. The second-order valence-electron chi connectivity index (χ2n) is 14.3. The number of aromatic hydroxyl groups is 1. The highest BCUT2D eigenvalue weighted by atomic mass is 16.3. The van der Waals surface area contributed by atoms with Gasteiger partial charge in [-0.3, -0.25) is 24.0 Å². The van der Waals surface area contributed by atoms with Crippen molar-refractivity contribution in [3.63, 3.8) is 0 Å². The van der Waals surface area contributed by atoms with Gasteiger partial charge in [0.1, 0.15) is 17.5 Å². The summed E-state index contributed by atoms with van der Waals surface area (Å²) < 4.78 is 0. The molecule has 4 aliphatic carbocycles. The lowest BCUT2D eigenvalue weighted by molar-refractivity contribution is -0.222. The largest absolute Gasteiger partial charge is 0.507 e. The van der Waals surface area contributed by atoms with Crippen LogP contribution in [0, 0.1) is 40.4 Å². The molecule has 4 aliphatic rings. The van der Waals surface area contributed by atoms with E-state index in [0.717, 1.165) is 31.7 Å². The summed E-state index contributed by atoms with van der Waals surface area (Å²) in [5, 5.41) is 24.1. The van der Waals surface area contributed by atoms with Gasteiger partial charge >= 0.3 is 0 Å². The molecule has 0 bridgehead atoms. The zero-order chi connectivity index (χ0) is 31.5. The van der Waals surface area contributed by atoms with E-state index in [1.54, 1.807) is 20.8 Å². The van der Waals surface area contributed by atoms with Gasteiger partial charge in [-0.15, -0.1) is 0 Å². The molecular formula is C36H40O7. The number of hydrogen-bond acceptors (Lipinski definition) is 7. The molecule has 0 aliphatic heterocycles. The van der Waals surface area contributed by atoms with Crippen molar-refractivity contribution >= 4 is 28.9 Å². The number of carbonyl (C=O) groups is 5. The van der Waals surface area contributed by atoms with Crippen LogP contribution in [-0.4, -0.2) is 44.7 Å². The molecule has 2 fully saturated rings. The van der Waals surface area contributed by atoms with E-state index in [1.165, 1.54) is 11.1 Å². The van der Waals surface area contributed by atoms with E-state index in [4.69, 9.17) is 0 Å². The Hall–Kier alpha value is -3.45. The van der Waals surface area contributed by atoms with E-state index in [-0.39, 0.29) is 11.3 Å². The predicted molar refractivity (Wildman–Crippen MR) is 160 cm³/mol. The molecule has 7 nitrogen and oxygen atoms in total. The number of carbonyl (C=O) groups excluding carboxylic acids is 5. The zero-order valence-corrected chi connectivity index (χ0v) is 25.9. The molecule has 8 atom stereocenters. The van der Waals surface area contributed by atoms with E-state index in [0.29, 0.717) is 11.1 Å². The number of phenolic OH excluding ortho intramolecular Hbond substituents is 1. The molecule has 6 rings (SSSR count). The third kappa shape index (κ3) is 3.37. The maximum absolute atomic E-state index is 14.7. The summed E-state index contributed by atoms with van der Waals surface area (Å²) in [6.07, 6.45) is 3.03. The van der Waals surface area contributed by atoms with Crippen LogP contribution >= 0.6 is 0 Å². The summed E-state index contributed by atoms with van der Waals surface area (Å²) in [6.45, 7) is 11.8. The van der Waals surface area contributed by atoms with Crippen LogP contribution in [0.4, 0.5) is 0 Å². The molecule has 2 aromatic rings. The van der Waals surface area contributed by atoms with Crippen LogP contribution in [0.25, 0.3) is 11.1 Å². The van der Waals surface area contributed by atoms with Gasteiger partial charge in [0, 0.05) is 16.9 Å². The maximum atomic E-state index is 14.7. The SMILES string of the molecule is CC(=O)C1C(=O)C(C(C)C)[C@@]2(C)[C@H](C)[C@]3(C)C(C(=O)c4c(ccc(-c5ccc6c(c5)CCC6)c4O)[C@H]3C)C(=O)[C@@]2(O)C1=O. The molecule has 0 spiro atoms. The Morgan fingerprint density at radius 2 is 1.60 bits per heavy atom. The van der Waals surface area contributed by atoms with Crippen LogP contribution in [0.1, 0.15) is 87.9 Å². The van der Waals surface area contributed by atoms with E-state index >= 15 is 0 Å². The second-order valence-corrected chi connectivity index (χ2v) is 14.3. The molecule has 0 aromatic heterocycles. The Labute approximate surface area is 252 Å². The van der Waals surface area contributed by atoms with Crippen molar-refractivity contribution in [3.05, 3.63) is 52.6 Å². The summed E-state index contributed by atoms with van der Waals surface area (Å²) in [4.78, 5) is 69.7. The Balaban J connectivity index is 1.57. The minimum Gasteiger partial charge on any atom is -0.507 e. The Morgan fingerprint density at radius 3 is 2.23 bits per heavy atom. The van der Waals surface area contributed by atoms with Gasteiger partial charge in [-0.1, -0.05) is 71.9 Å². The van der Waals surface area contributed by atoms with Crippen LogP contribution < -0.4 is 0 Å². The summed E-state index contributed by atoms with van der Waals surface area (Å²) in [7, 11) is 0. The molecule has 0 heterocycles. The first kappa shape index (κ1) is 29.6. The molecule has 7 heteroatoms. The lowest BCUT2D eigenvalue weighted by atomic mass is 9.35. The number of benzene rings is 2. The fraction of sp³-hybridized carbons (Fsp3) is 0.528. The van der Waals surface area contributed by atoms with Gasteiger partial charge < -0.3 is 10.2 Å².